The van der Waals surface area contributed by atoms with Gasteiger partial charge in [0.15, 0.2) is 0 Å². The van der Waals surface area contributed by atoms with Crippen molar-refractivity contribution in [2.75, 3.05) is 65.6 Å². The molecule has 3 saturated heterocycles. The summed E-state index contributed by atoms with van der Waals surface area (Å²) in [6.07, 6.45) is 4.29. The van der Waals surface area contributed by atoms with Crippen LogP contribution in [-0.4, -0.2) is 103 Å². The number of nitrogens with zero attached hydrogens (tertiary/aromatic N) is 4. The number of aromatic amines is 1. The number of carbonyl (C=O) groups excluding carboxylic acids is 1. The normalized spacial score (nSPS) is 22.8. The van der Waals surface area contributed by atoms with Gasteiger partial charge in [-0.15, -0.1) is 11.8 Å². The summed E-state index contributed by atoms with van der Waals surface area (Å²) in [5.41, 5.74) is 3.69. The van der Waals surface area contributed by atoms with Crippen molar-refractivity contribution in [1.29, 1.82) is 0 Å². The molecule has 0 spiro atoms. The molecule has 6 rings (SSSR count). The molecule has 0 bridgehead atoms. The van der Waals surface area contributed by atoms with Crippen LogP contribution in [0.5, 0.6) is 0 Å². The Hall–Kier alpha value is -1.94. The van der Waals surface area contributed by atoms with Gasteiger partial charge in [-0.05, 0) is 38.4 Å². The Bertz CT molecular complexity index is 985. The average Bonchev–Trinajstić information content (AvgIpc) is 3.55. The largest absolute Gasteiger partial charge is 0.378 e. The van der Waals surface area contributed by atoms with E-state index in [-0.39, 0.29) is 5.91 Å². The summed E-state index contributed by atoms with van der Waals surface area (Å²) in [4.78, 5) is 20.5. The first-order valence-electron chi connectivity index (χ1n) is 12.9. The molecule has 1 aromatic heterocycles. The first kappa shape index (κ1) is 24.7. The minimum absolute atomic E-state index is 0.0343. The Balaban J connectivity index is 0.000000158. The van der Waals surface area contributed by atoms with E-state index >= 15 is 0 Å². The first-order valence-corrected chi connectivity index (χ1v) is 13.9. The Morgan fingerprint density at radius 2 is 1.83 bits per heavy atom. The SMILES string of the molecule is FC1CCN(CCN2CCCCC2)C1.O=C(c1[nH]nc2c1CSc1ccccc1-2)N1CCOCC1. The molecule has 0 saturated carbocycles. The molecular weight excluding hydrogens is 465 g/mol. The van der Waals surface area contributed by atoms with Gasteiger partial charge in [0.25, 0.3) is 5.91 Å². The number of rotatable bonds is 4. The third-order valence-corrected chi connectivity index (χ3v) is 8.39. The van der Waals surface area contributed by atoms with Gasteiger partial charge in [0.2, 0.25) is 0 Å². The number of amides is 1. The molecule has 1 unspecified atom stereocenters. The number of piperidine rings is 1. The lowest BCUT2D eigenvalue weighted by molar-refractivity contribution is 0.0298. The number of hydrogen-bond acceptors (Lipinski definition) is 6. The molecule has 4 aliphatic heterocycles. The number of fused-ring (bicyclic) bond motifs is 3. The molecule has 2 aromatic rings. The van der Waals surface area contributed by atoms with E-state index < -0.39 is 6.17 Å². The number of alkyl halides is 1. The van der Waals surface area contributed by atoms with E-state index in [0.29, 0.717) is 38.5 Å². The summed E-state index contributed by atoms with van der Waals surface area (Å²) in [5, 5.41) is 7.36. The van der Waals surface area contributed by atoms with Crippen LogP contribution in [0.2, 0.25) is 0 Å². The van der Waals surface area contributed by atoms with Gasteiger partial charge >= 0.3 is 0 Å². The van der Waals surface area contributed by atoms with Gasteiger partial charge in [0.05, 0.1) is 18.9 Å². The highest BCUT2D eigenvalue weighted by atomic mass is 32.2. The zero-order valence-corrected chi connectivity index (χ0v) is 21.2. The van der Waals surface area contributed by atoms with Gasteiger partial charge in [-0.1, -0.05) is 24.6 Å². The summed E-state index contributed by atoms with van der Waals surface area (Å²) in [7, 11) is 0. The molecule has 7 nitrogen and oxygen atoms in total. The molecule has 1 aromatic carbocycles. The number of halogens is 1. The second kappa shape index (κ2) is 11.9. The fraction of sp³-hybridized carbons (Fsp3) is 0.615. The number of thioether (sulfide) groups is 1. The van der Waals surface area contributed by atoms with Crippen LogP contribution in [0, 0.1) is 0 Å². The van der Waals surface area contributed by atoms with Gasteiger partial charge < -0.3 is 14.5 Å². The predicted molar refractivity (Wildman–Crippen MR) is 137 cm³/mol. The minimum Gasteiger partial charge on any atom is -0.378 e. The van der Waals surface area contributed by atoms with E-state index in [9.17, 15) is 9.18 Å². The van der Waals surface area contributed by atoms with Crippen molar-refractivity contribution in [3.05, 3.63) is 35.5 Å². The molecule has 190 valence electrons. The number of likely N-dealkylation sites (tertiary alicyclic amines) is 2. The monoisotopic (exact) mass is 501 g/mol. The van der Waals surface area contributed by atoms with E-state index in [4.69, 9.17) is 4.74 Å². The predicted octanol–water partition coefficient (Wildman–Crippen LogP) is 3.67. The Kier molecular flexibility index (Phi) is 8.39. The number of morpholine rings is 1. The van der Waals surface area contributed by atoms with Crippen LogP contribution >= 0.6 is 11.8 Å². The van der Waals surface area contributed by atoms with Gasteiger partial charge in [-0.25, -0.2) is 4.39 Å². The summed E-state index contributed by atoms with van der Waals surface area (Å²) in [6.45, 7) is 8.89. The van der Waals surface area contributed by atoms with Crippen molar-refractivity contribution < 1.29 is 13.9 Å². The quantitative estimate of drug-likeness (QED) is 0.690. The highest BCUT2D eigenvalue weighted by Gasteiger charge is 2.28. The maximum Gasteiger partial charge on any atom is 0.272 e. The fourth-order valence-corrected chi connectivity index (χ4v) is 6.30. The molecule has 0 radical (unpaired) electrons. The number of nitrogens with one attached hydrogen (secondary N) is 1. The summed E-state index contributed by atoms with van der Waals surface area (Å²) in [6, 6.07) is 8.20. The van der Waals surface area contributed by atoms with Gasteiger partial charge in [0, 0.05) is 61.0 Å². The van der Waals surface area contributed by atoms with Gasteiger partial charge in [-0.3, -0.25) is 14.8 Å². The molecule has 9 heteroatoms. The molecular formula is C26H36FN5O2S. The van der Waals surface area contributed by atoms with E-state index in [1.807, 2.05) is 17.0 Å². The standard InChI is InChI=1S/C15H15N3O2S.C11H21FN2/c19-15(18-5-7-20-8-6-18)14-11-9-21-12-4-2-1-3-10(12)13(11)16-17-14;12-11-4-7-14(10-11)9-8-13-5-2-1-3-6-13/h1-4H,5-9H2,(H,16,17);11H,1-10H2. The number of H-pyrrole nitrogens is 1. The van der Waals surface area contributed by atoms with Crippen molar-refractivity contribution >= 4 is 17.7 Å². The molecule has 35 heavy (non-hydrogen) atoms. The van der Waals surface area contributed by atoms with Gasteiger partial charge in [-0.2, -0.15) is 5.10 Å². The zero-order chi connectivity index (χ0) is 24.0. The highest BCUT2D eigenvalue weighted by molar-refractivity contribution is 7.98. The van der Waals surface area contributed by atoms with Crippen LogP contribution in [-0.2, 0) is 10.5 Å². The molecule has 0 aliphatic carbocycles. The highest BCUT2D eigenvalue weighted by Crippen LogP contribution is 2.41. The molecule has 1 atom stereocenters. The van der Waals surface area contributed by atoms with Crippen molar-refractivity contribution in [2.24, 2.45) is 0 Å². The Morgan fingerprint density at radius 1 is 1.06 bits per heavy atom. The topological polar surface area (TPSA) is 64.7 Å². The van der Waals surface area contributed by atoms with Gasteiger partial charge in [0.1, 0.15) is 11.9 Å². The Morgan fingerprint density at radius 3 is 2.60 bits per heavy atom. The van der Waals surface area contributed by atoms with Crippen molar-refractivity contribution in [3.8, 4) is 11.3 Å². The van der Waals surface area contributed by atoms with Crippen LogP contribution in [0.15, 0.2) is 29.2 Å². The number of benzene rings is 1. The van der Waals surface area contributed by atoms with E-state index in [0.717, 1.165) is 48.6 Å². The third-order valence-electron chi connectivity index (χ3n) is 7.29. The molecule has 1 amide bonds. The smallest absolute Gasteiger partial charge is 0.272 e. The minimum atomic E-state index is -0.559. The van der Waals surface area contributed by atoms with E-state index in [1.165, 1.54) is 37.2 Å². The van der Waals surface area contributed by atoms with Crippen LogP contribution in [0.1, 0.15) is 41.7 Å². The van der Waals surface area contributed by atoms with Crippen LogP contribution in [0.4, 0.5) is 4.39 Å². The number of carbonyl (C=O) groups is 1. The number of ether oxygens (including phenoxy) is 1. The second-order valence-electron chi connectivity index (χ2n) is 9.70. The average molecular weight is 502 g/mol. The summed E-state index contributed by atoms with van der Waals surface area (Å²) < 4.78 is 18.2. The third kappa shape index (κ3) is 6.07. The van der Waals surface area contributed by atoms with Crippen molar-refractivity contribution in [1.82, 2.24) is 24.9 Å². The molecule has 1 N–H and O–H groups in total. The fourth-order valence-electron chi connectivity index (χ4n) is 5.22. The lowest BCUT2D eigenvalue weighted by Crippen LogP contribution is -2.41. The first-order chi connectivity index (χ1) is 17.2. The second-order valence-corrected chi connectivity index (χ2v) is 10.7. The van der Waals surface area contributed by atoms with Crippen LogP contribution < -0.4 is 0 Å². The van der Waals surface area contributed by atoms with Crippen LogP contribution in [0.25, 0.3) is 11.3 Å². The zero-order valence-electron chi connectivity index (χ0n) is 20.4. The van der Waals surface area contributed by atoms with Crippen LogP contribution in [0.3, 0.4) is 0 Å². The Labute approximate surface area is 211 Å². The molecule has 5 heterocycles. The number of hydrogen-bond donors (Lipinski definition) is 1. The maximum atomic E-state index is 12.9. The lowest BCUT2D eigenvalue weighted by atomic mass is 10.1. The molecule has 3 fully saturated rings. The van der Waals surface area contributed by atoms with Crippen molar-refractivity contribution in [3.63, 3.8) is 0 Å². The summed E-state index contributed by atoms with van der Waals surface area (Å²) in [5.74, 6) is 0.820. The summed E-state index contributed by atoms with van der Waals surface area (Å²) >= 11 is 1.76. The van der Waals surface area contributed by atoms with E-state index in [1.54, 1.807) is 11.8 Å². The number of aromatic nitrogens is 2. The molecule has 4 aliphatic rings. The van der Waals surface area contributed by atoms with E-state index in [2.05, 4.69) is 32.1 Å². The maximum absolute atomic E-state index is 12.9. The van der Waals surface area contributed by atoms with Crippen molar-refractivity contribution in [2.45, 2.75) is 42.5 Å². The lowest BCUT2D eigenvalue weighted by Gasteiger charge is -2.28.